The van der Waals surface area contributed by atoms with Gasteiger partial charge >= 0.3 is 6.09 Å². The van der Waals surface area contributed by atoms with Crippen molar-refractivity contribution in [2.75, 3.05) is 13.2 Å². The minimum atomic E-state index is -0.524. The summed E-state index contributed by atoms with van der Waals surface area (Å²) in [5, 5.41) is 1.06. The molecule has 25 heavy (non-hydrogen) atoms. The van der Waals surface area contributed by atoms with Crippen LogP contribution in [-0.4, -0.2) is 35.8 Å². The second-order valence-electron chi connectivity index (χ2n) is 7.44. The van der Waals surface area contributed by atoms with E-state index in [9.17, 15) is 4.79 Å². The zero-order valence-electron chi connectivity index (χ0n) is 15.3. The Morgan fingerprint density at radius 3 is 2.80 bits per heavy atom. The highest BCUT2D eigenvalue weighted by molar-refractivity contribution is 5.92. The van der Waals surface area contributed by atoms with Crippen LogP contribution >= 0.6 is 0 Å². The van der Waals surface area contributed by atoms with E-state index in [1.807, 2.05) is 51.2 Å². The number of aromatic nitrogens is 1. The van der Waals surface area contributed by atoms with E-state index in [0.29, 0.717) is 6.61 Å². The van der Waals surface area contributed by atoms with E-state index in [1.165, 1.54) is 0 Å². The third kappa shape index (κ3) is 4.61. The topological polar surface area (TPSA) is 49.7 Å². The summed E-state index contributed by atoms with van der Waals surface area (Å²) >= 11 is 0. The van der Waals surface area contributed by atoms with Crippen molar-refractivity contribution >= 4 is 17.0 Å². The summed E-state index contributed by atoms with van der Waals surface area (Å²) in [6, 6.07) is 7.88. The number of fused-ring (bicyclic) bond motifs is 1. The van der Waals surface area contributed by atoms with Crippen LogP contribution in [0.3, 0.4) is 0 Å². The van der Waals surface area contributed by atoms with Crippen molar-refractivity contribution in [3.8, 4) is 0 Å². The van der Waals surface area contributed by atoms with Gasteiger partial charge in [0.2, 0.25) is 0 Å². The van der Waals surface area contributed by atoms with Gasteiger partial charge in [-0.15, -0.1) is 0 Å². The van der Waals surface area contributed by atoms with Gasteiger partial charge in [0.1, 0.15) is 5.60 Å². The Labute approximate surface area is 148 Å². The highest BCUT2D eigenvalue weighted by Crippen LogP contribution is 2.24. The summed E-state index contributed by atoms with van der Waals surface area (Å²) in [5.41, 5.74) is 1.42. The Hall–Kier alpha value is -1.85. The summed E-state index contributed by atoms with van der Waals surface area (Å²) < 4.78 is 18.5. The first kappa shape index (κ1) is 18.0. The molecule has 3 rings (SSSR count). The number of para-hydroxylation sites is 1. The molecule has 136 valence electrons. The van der Waals surface area contributed by atoms with E-state index in [4.69, 9.17) is 14.2 Å². The van der Waals surface area contributed by atoms with Gasteiger partial charge in [-0.2, -0.15) is 0 Å². The van der Waals surface area contributed by atoms with Crippen LogP contribution in [0, 0.1) is 0 Å². The average molecular weight is 345 g/mol. The molecule has 0 N–H and O–H groups in total. The molecule has 1 aliphatic rings. The number of hydrogen-bond acceptors (Lipinski definition) is 4. The van der Waals surface area contributed by atoms with Crippen LogP contribution in [0.1, 0.15) is 45.6 Å². The molecular formula is C20H27NO4. The minimum absolute atomic E-state index is 0.0899. The third-order valence-corrected chi connectivity index (χ3v) is 4.20. The smallest absolute Gasteiger partial charge is 0.419 e. The van der Waals surface area contributed by atoms with E-state index < -0.39 is 5.60 Å². The maximum absolute atomic E-state index is 12.5. The fraction of sp³-hybridized carbons (Fsp3) is 0.550. The molecule has 0 amide bonds. The van der Waals surface area contributed by atoms with Gasteiger partial charge in [0.15, 0.2) is 6.29 Å². The van der Waals surface area contributed by atoms with Gasteiger partial charge in [-0.25, -0.2) is 4.79 Å². The Morgan fingerprint density at radius 1 is 1.28 bits per heavy atom. The van der Waals surface area contributed by atoms with E-state index in [-0.39, 0.29) is 12.4 Å². The highest BCUT2D eigenvalue weighted by atomic mass is 16.7. The predicted octanol–water partition coefficient (Wildman–Crippen LogP) is 4.51. The maximum Gasteiger partial charge on any atom is 0.419 e. The molecule has 2 heterocycles. The second kappa shape index (κ2) is 7.58. The first-order valence-corrected chi connectivity index (χ1v) is 8.99. The maximum atomic E-state index is 12.5. The van der Waals surface area contributed by atoms with Crippen LogP contribution in [0.2, 0.25) is 0 Å². The summed E-state index contributed by atoms with van der Waals surface area (Å²) in [7, 11) is 0. The van der Waals surface area contributed by atoms with Crippen LogP contribution in [0.25, 0.3) is 10.9 Å². The fourth-order valence-electron chi connectivity index (χ4n) is 3.05. The molecule has 1 unspecified atom stereocenters. The molecule has 1 atom stereocenters. The molecule has 1 aliphatic heterocycles. The predicted molar refractivity (Wildman–Crippen MR) is 96.8 cm³/mol. The Balaban J connectivity index is 1.73. The van der Waals surface area contributed by atoms with Gasteiger partial charge in [-0.05, 0) is 58.1 Å². The molecule has 5 heteroatoms. The quantitative estimate of drug-likeness (QED) is 0.818. The van der Waals surface area contributed by atoms with Crippen LogP contribution in [0.15, 0.2) is 30.5 Å². The number of nitrogens with zero attached hydrogens (tertiary/aromatic N) is 1. The summed E-state index contributed by atoms with van der Waals surface area (Å²) in [5.74, 6) is 0. The van der Waals surface area contributed by atoms with Gasteiger partial charge in [0.05, 0.1) is 12.1 Å². The molecule has 1 fully saturated rings. The Bertz CT molecular complexity index is 723. The van der Waals surface area contributed by atoms with Crippen molar-refractivity contribution in [2.24, 2.45) is 0 Å². The van der Waals surface area contributed by atoms with E-state index in [2.05, 4.69) is 0 Å². The first-order valence-electron chi connectivity index (χ1n) is 8.99. The molecule has 2 aromatic rings. The van der Waals surface area contributed by atoms with Crippen molar-refractivity contribution in [1.82, 2.24) is 4.57 Å². The van der Waals surface area contributed by atoms with Crippen LogP contribution in [-0.2, 0) is 20.6 Å². The molecule has 5 nitrogen and oxygen atoms in total. The lowest BCUT2D eigenvalue weighted by Crippen LogP contribution is -2.26. The number of hydrogen-bond donors (Lipinski definition) is 0. The van der Waals surface area contributed by atoms with E-state index >= 15 is 0 Å². The summed E-state index contributed by atoms with van der Waals surface area (Å²) in [6.07, 6.45) is 5.38. The average Bonchev–Trinajstić information content (AvgIpc) is 2.94. The SMILES string of the molecule is CC(C)(C)OC(=O)n1cc(CCOC2CCCCO2)c2ccccc21. The monoisotopic (exact) mass is 345 g/mol. The fourth-order valence-corrected chi connectivity index (χ4v) is 3.05. The van der Waals surface area contributed by atoms with Crippen molar-refractivity contribution in [2.45, 2.75) is 58.3 Å². The van der Waals surface area contributed by atoms with Crippen LogP contribution in [0.4, 0.5) is 4.79 Å². The molecule has 0 spiro atoms. The zero-order valence-corrected chi connectivity index (χ0v) is 15.3. The van der Waals surface area contributed by atoms with Crippen molar-refractivity contribution in [3.63, 3.8) is 0 Å². The molecule has 1 aromatic heterocycles. The normalized spacial score (nSPS) is 18.4. The first-order chi connectivity index (χ1) is 11.9. The summed E-state index contributed by atoms with van der Waals surface area (Å²) in [6.45, 7) is 6.97. The standard InChI is InChI=1S/C20H27NO4/c1-20(2,3)25-19(22)21-14-15(16-8-4-5-9-17(16)21)11-13-24-18-10-6-7-12-23-18/h4-5,8-9,14,18H,6-7,10-13H2,1-3H3. The van der Waals surface area contributed by atoms with Crippen LogP contribution in [0.5, 0.6) is 0 Å². The molecule has 0 aliphatic carbocycles. The van der Waals surface area contributed by atoms with Crippen molar-refractivity contribution in [3.05, 3.63) is 36.0 Å². The largest absolute Gasteiger partial charge is 0.443 e. The number of carbonyl (C=O) groups is 1. The lowest BCUT2D eigenvalue weighted by atomic mass is 10.1. The second-order valence-corrected chi connectivity index (χ2v) is 7.44. The highest BCUT2D eigenvalue weighted by Gasteiger charge is 2.21. The van der Waals surface area contributed by atoms with Gasteiger partial charge < -0.3 is 14.2 Å². The third-order valence-electron chi connectivity index (χ3n) is 4.20. The summed E-state index contributed by atoms with van der Waals surface area (Å²) in [4.78, 5) is 12.5. The van der Waals surface area contributed by atoms with Gasteiger partial charge in [0, 0.05) is 18.2 Å². The van der Waals surface area contributed by atoms with Crippen LogP contribution < -0.4 is 0 Å². The van der Waals surface area contributed by atoms with E-state index in [0.717, 1.165) is 48.8 Å². The lowest BCUT2D eigenvalue weighted by molar-refractivity contribution is -0.161. The lowest BCUT2D eigenvalue weighted by Gasteiger charge is -2.22. The number of ether oxygens (including phenoxy) is 3. The zero-order chi connectivity index (χ0) is 17.9. The number of rotatable bonds is 4. The van der Waals surface area contributed by atoms with Crippen molar-refractivity contribution < 1.29 is 19.0 Å². The van der Waals surface area contributed by atoms with Crippen molar-refractivity contribution in [1.29, 1.82) is 0 Å². The Morgan fingerprint density at radius 2 is 2.08 bits per heavy atom. The number of carbonyl (C=O) groups excluding carboxylic acids is 1. The molecule has 0 bridgehead atoms. The van der Waals surface area contributed by atoms with Gasteiger partial charge in [-0.3, -0.25) is 4.57 Å². The number of benzene rings is 1. The molecular weight excluding hydrogens is 318 g/mol. The van der Waals surface area contributed by atoms with Gasteiger partial charge in [0.25, 0.3) is 0 Å². The molecule has 1 saturated heterocycles. The molecule has 0 radical (unpaired) electrons. The van der Waals surface area contributed by atoms with Gasteiger partial charge in [-0.1, -0.05) is 18.2 Å². The molecule has 1 aromatic carbocycles. The van der Waals surface area contributed by atoms with E-state index in [1.54, 1.807) is 4.57 Å². The minimum Gasteiger partial charge on any atom is -0.443 e. The Kier molecular flexibility index (Phi) is 5.45. The molecule has 0 saturated carbocycles.